The minimum Gasteiger partial charge on any atom is -0.478 e. The molecule has 1 aromatic carbocycles. The summed E-state index contributed by atoms with van der Waals surface area (Å²) in [5.74, 6) is 1.42. The molecule has 0 bridgehead atoms. The molecule has 8 heteroatoms. The molecule has 0 spiro atoms. The quantitative estimate of drug-likeness (QED) is 0.393. The third-order valence-electron chi connectivity index (χ3n) is 3.81. The standard InChI is InChI=1S/C22H26N4O3S/c1-15-24-18(26-21-23-14-17(30-21)16-9-6-5-7-10-16)13-19(25-15)28-12-8-11-20(27)29-22(2,3)4/h5-7,9-10,13-14H,8,11-12H2,1-4H3,(H,23,24,25,26). The molecule has 1 N–H and O–H groups in total. The molecule has 0 aliphatic carbocycles. The van der Waals surface area contributed by atoms with Crippen LogP contribution in [0.4, 0.5) is 10.9 Å². The molecule has 0 unspecified atom stereocenters. The zero-order valence-electron chi connectivity index (χ0n) is 17.6. The number of nitrogens with one attached hydrogen (secondary N) is 1. The van der Waals surface area contributed by atoms with Gasteiger partial charge in [0.15, 0.2) is 5.13 Å². The number of carbonyl (C=O) groups excluding carboxylic acids is 1. The maximum atomic E-state index is 11.8. The Morgan fingerprint density at radius 3 is 2.67 bits per heavy atom. The van der Waals surface area contributed by atoms with E-state index in [1.54, 1.807) is 24.3 Å². The smallest absolute Gasteiger partial charge is 0.306 e. The fourth-order valence-electron chi connectivity index (χ4n) is 2.64. The van der Waals surface area contributed by atoms with Gasteiger partial charge in [-0.2, -0.15) is 4.98 Å². The third-order valence-corrected chi connectivity index (χ3v) is 4.77. The molecule has 3 rings (SSSR count). The van der Waals surface area contributed by atoms with Crippen LogP contribution in [0.25, 0.3) is 10.4 Å². The number of benzene rings is 1. The number of esters is 1. The number of hydrogen-bond donors (Lipinski definition) is 1. The molecule has 0 atom stereocenters. The van der Waals surface area contributed by atoms with Crippen molar-refractivity contribution in [3.8, 4) is 16.3 Å². The van der Waals surface area contributed by atoms with E-state index in [2.05, 4.69) is 32.4 Å². The van der Waals surface area contributed by atoms with E-state index in [4.69, 9.17) is 9.47 Å². The van der Waals surface area contributed by atoms with Crippen molar-refractivity contribution in [1.82, 2.24) is 15.0 Å². The van der Waals surface area contributed by atoms with E-state index >= 15 is 0 Å². The Bertz CT molecular complexity index is 984. The number of aromatic nitrogens is 3. The number of ether oxygens (including phenoxy) is 2. The summed E-state index contributed by atoms with van der Waals surface area (Å²) in [5, 5.41) is 3.95. The number of rotatable bonds is 8. The molecular weight excluding hydrogens is 400 g/mol. The lowest BCUT2D eigenvalue weighted by Crippen LogP contribution is -2.24. The van der Waals surface area contributed by atoms with E-state index in [9.17, 15) is 4.79 Å². The topological polar surface area (TPSA) is 86.2 Å². The number of carbonyl (C=O) groups is 1. The average Bonchev–Trinajstić information content (AvgIpc) is 3.13. The predicted molar refractivity (Wildman–Crippen MR) is 118 cm³/mol. The predicted octanol–water partition coefficient (Wildman–Crippen LogP) is 5.15. The van der Waals surface area contributed by atoms with Gasteiger partial charge in [0.25, 0.3) is 0 Å². The highest BCUT2D eigenvalue weighted by Gasteiger charge is 2.16. The maximum absolute atomic E-state index is 11.8. The molecule has 0 amide bonds. The fraction of sp³-hybridized carbons (Fsp3) is 0.364. The van der Waals surface area contributed by atoms with Crippen LogP contribution in [-0.2, 0) is 9.53 Å². The number of hydrogen-bond acceptors (Lipinski definition) is 8. The van der Waals surface area contributed by atoms with Crippen molar-refractivity contribution in [2.45, 2.75) is 46.1 Å². The highest BCUT2D eigenvalue weighted by atomic mass is 32.1. The van der Waals surface area contributed by atoms with Gasteiger partial charge in [0, 0.05) is 18.7 Å². The molecule has 0 saturated carbocycles. The number of thiazole rings is 1. The lowest BCUT2D eigenvalue weighted by molar-refractivity contribution is -0.155. The zero-order chi connectivity index (χ0) is 21.6. The monoisotopic (exact) mass is 426 g/mol. The lowest BCUT2D eigenvalue weighted by atomic mass is 10.2. The van der Waals surface area contributed by atoms with Crippen LogP contribution in [-0.4, -0.2) is 33.1 Å². The van der Waals surface area contributed by atoms with Crippen molar-refractivity contribution >= 4 is 28.3 Å². The SMILES string of the molecule is Cc1nc(Nc2ncc(-c3ccccc3)s2)cc(OCCCC(=O)OC(C)(C)C)n1. The van der Waals surface area contributed by atoms with Gasteiger partial charge in [-0.15, -0.1) is 0 Å². The number of nitrogens with zero attached hydrogens (tertiary/aromatic N) is 3. The van der Waals surface area contributed by atoms with E-state index in [0.717, 1.165) is 15.6 Å². The van der Waals surface area contributed by atoms with E-state index in [-0.39, 0.29) is 5.97 Å². The van der Waals surface area contributed by atoms with Crippen LogP contribution in [0.5, 0.6) is 5.88 Å². The van der Waals surface area contributed by atoms with Gasteiger partial charge in [-0.3, -0.25) is 4.79 Å². The van der Waals surface area contributed by atoms with Crippen molar-refractivity contribution in [1.29, 1.82) is 0 Å². The first-order valence-electron chi connectivity index (χ1n) is 9.77. The number of aryl methyl sites for hydroxylation is 1. The largest absolute Gasteiger partial charge is 0.478 e. The second kappa shape index (κ2) is 9.67. The van der Waals surface area contributed by atoms with Gasteiger partial charge >= 0.3 is 5.97 Å². The van der Waals surface area contributed by atoms with Gasteiger partial charge in [-0.1, -0.05) is 41.7 Å². The first-order chi connectivity index (χ1) is 14.3. The van der Waals surface area contributed by atoms with Gasteiger partial charge in [0.05, 0.1) is 11.5 Å². The molecular formula is C22H26N4O3S. The Morgan fingerprint density at radius 1 is 1.17 bits per heavy atom. The van der Waals surface area contributed by atoms with E-state index < -0.39 is 5.60 Å². The van der Waals surface area contributed by atoms with Gasteiger partial charge in [-0.25, -0.2) is 9.97 Å². The van der Waals surface area contributed by atoms with Crippen LogP contribution in [0, 0.1) is 6.92 Å². The maximum Gasteiger partial charge on any atom is 0.306 e. The molecule has 0 saturated heterocycles. The molecule has 0 aliphatic rings. The number of anilines is 2. The minimum atomic E-state index is -0.474. The Morgan fingerprint density at radius 2 is 1.93 bits per heavy atom. The summed E-state index contributed by atoms with van der Waals surface area (Å²) in [6.45, 7) is 7.72. The first-order valence-corrected chi connectivity index (χ1v) is 10.6. The summed E-state index contributed by atoms with van der Waals surface area (Å²) < 4.78 is 11.0. The minimum absolute atomic E-state index is 0.231. The molecule has 0 radical (unpaired) electrons. The Balaban J connectivity index is 1.55. The summed E-state index contributed by atoms with van der Waals surface area (Å²) in [7, 11) is 0. The van der Waals surface area contributed by atoms with Crippen molar-refractivity contribution in [2.24, 2.45) is 0 Å². The highest BCUT2D eigenvalue weighted by molar-refractivity contribution is 7.18. The zero-order valence-corrected chi connectivity index (χ0v) is 18.5. The molecule has 2 aromatic heterocycles. The molecule has 30 heavy (non-hydrogen) atoms. The van der Waals surface area contributed by atoms with Gasteiger partial charge < -0.3 is 14.8 Å². The summed E-state index contributed by atoms with van der Waals surface area (Å²) >= 11 is 1.55. The van der Waals surface area contributed by atoms with Crippen molar-refractivity contribution in [3.05, 3.63) is 48.4 Å². The van der Waals surface area contributed by atoms with E-state index in [1.165, 1.54) is 0 Å². The van der Waals surface area contributed by atoms with Crippen molar-refractivity contribution in [3.63, 3.8) is 0 Å². The summed E-state index contributed by atoms with van der Waals surface area (Å²) in [6.07, 6.45) is 2.69. The Kier molecular flexibility index (Phi) is 6.99. The third kappa shape index (κ3) is 6.81. The molecule has 158 valence electrons. The fourth-order valence-corrected chi connectivity index (χ4v) is 3.47. The van der Waals surface area contributed by atoms with Crippen LogP contribution in [0.3, 0.4) is 0 Å². The van der Waals surface area contributed by atoms with Crippen molar-refractivity contribution in [2.75, 3.05) is 11.9 Å². The van der Waals surface area contributed by atoms with E-state index in [0.29, 0.717) is 37.0 Å². The average molecular weight is 427 g/mol. The van der Waals surface area contributed by atoms with Crippen LogP contribution < -0.4 is 10.1 Å². The normalized spacial score (nSPS) is 11.2. The molecule has 7 nitrogen and oxygen atoms in total. The molecule has 2 heterocycles. The van der Waals surface area contributed by atoms with Crippen LogP contribution >= 0.6 is 11.3 Å². The van der Waals surface area contributed by atoms with Crippen LogP contribution in [0.1, 0.15) is 39.4 Å². The second-order valence-electron chi connectivity index (χ2n) is 7.70. The lowest BCUT2D eigenvalue weighted by Gasteiger charge is -2.19. The Labute approximate surface area is 180 Å². The van der Waals surface area contributed by atoms with Crippen molar-refractivity contribution < 1.29 is 14.3 Å². The van der Waals surface area contributed by atoms with Gasteiger partial charge in [0.1, 0.15) is 17.2 Å². The van der Waals surface area contributed by atoms with Gasteiger partial charge in [-0.05, 0) is 39.7 Å². The highest BCUT2D eigenvalue weighted by Crippen LogP contribution is 2.30. The second-order valence-corrected chi connectivity index (χ2v) is 8.73. The van der Waals surface area contributed by atoms with E-state index in [1.807, 2.05) is 45.2 Å². The van der Waals surface area contributed by atoms with Crippen LogP contribution in [0.2, 0.25) is 0 Å². The molecule has 0 fully saturated rings. The van der Waals surface area contributed by atoms with Crippen LogP contribution in [0.15, 0.2) is 42.6 Å². The summed E-state index contributed by atoms with van der Waals surface area (Å²) in [6, 6.07) is 11.8. The Hall–Kier alpha value is -3.00. The summed E-state index contributed by atoms with van der Waals surface area (Å²) in [5.41, 5.74) is 0.648. The summed E-state index contributed by atoms with van der Waals surface area (Å²) in [4.78, 5) is 26.0. The molecule has 0 aliphatic heterocycles. The molecule has 3 aromatic rings. The first kappa shape index (κ1) is 21.7. The van der Waals surface area contributed by atoms with Gasteiger partial charge in [0.2, 0.25) is 5.88 Å².